The van der Waals surface area contributed by atoms with Crippen molar-refractivity contribution >= 4 is 34.1 Å². The van der Waals surface area contributed by atoms with Crippen molar-refractivity contribution in [2.24, 2.45) is 5.41 Å². The average molecular weight is 350 g/mol. The summed E-state index contributed by atoms with van der Waals surface area (Å²) in [7, 11) is -1.65. The highest BCUT2D eigenvalue weighted by Gasteiger charge is 2.39. The third kappa shape index (κ3) is 3.35. The molecular weight excluding hydrogens is 326 g/mol. The maximum absolute atomic E-state index is 14.2. The number of nitrogens with one attached hydrogen (secondary N) is 1. The molecule has 7 heteroatoms. The minimum atomic E-state index is -1.65. The molecule has 3 rings (SSSR count). The van der Waals surface area contributed by atoms with E-state index in [9.17, 15) is 14.4 Å². The van der Waals surface area contributed by atoms with Crippen molar-refractivity contribution in [2.75, 3.05) is 6.54 Å². The minimum absolute atomic E-state index is 0.143. The summed E-state index contributed by atoms with van der Waals surface area (Å²) in [6.07, 6.45) is 4.18. The van der Waals surface area contributed by atoms with E-state index in [0.717, 1.165) is 37.2 Å². The molecule has 1 aliphatic carbocycles. The zero-order valence-corrected chi connectivity index (χ0v) is 15.2. The second-order valence-corrected chi connectivity index (χ2v) is 8.91. The molecule has 130 valence electrons. The second kappa shape index (κ2) is 6.37. The van der Waals surface area contributed by atoms with E-state index < -0.39 is 7.12 Å². The molecule has 1 heterocycles. The van der Waals surface area contributed by atoms with Crippen LogP contribution in [0.2, 0.25) is 0 Å². The van der Waals surface area contributed by atoms with Gasteiger partial charge in [0.15, 0.2) is 0 Å². The van der Waals surface area contributed by atoms with Crippen molar-refractivity contribution in [1.82, 2.24) is 10.3 Å². The van der Waals surface area contributed by atoms with Gasteiger partial charge in [0.1, 0.15) is 10.8 Å². The molecule has 4 nitrogen and oxygen atoms in total. The molecule has 0 atom stereocenters. The second-order valence-electron chi connectivity index (χ2n) is 7.91. The molecular formula is C17H24BFN2O2S. The van der Waals surface area contributed by atoms with Crippen LogP contribution in [0.15, 0.2) is 12.1 Å². The zero-order valence-electron chi connectivity index (χ0n) is 14.4. The molecule has 0 saturated heterocycles. The van der Waals surface area contributed by atoms with Gasteiger partial charge in [-0.15, -0.1) is 11.3 Å². The first-order valence-corrected chi connectivity index (χ1v) is 9.24. The van der Waals surface area contributed by atoms with Crippen LogP contribution in [0.5, 0.6) is 0 Å². The van der Waals surface area contributed by atoms with Gasteiger partial charge in [-0.2, -0.15) is 0 Å². The Labute approximate surface area is 146 Å². The fraction of sp³-hybridized carbons (Fsp3) is 0.588. The van der Waals surface area contributed by atoms with E-state index in [1.807, 2.05) is 0 Å². The van der Waals surface area contributed by atoms with Crippen molar-refractivity contribution in [3.8, 4) is 0 Å². The fourth-order valence-corrected chi connectivity index (χ4v) is 4.52. The molecule has 1 aromatic carbocycles. The Morgan fingerprint density at radius 3 is 2.54 bits per heavy atom. The molecule has 0 amide bonds. The number of thiazole rings is 1. The maximum Gasteiger partial charge on any atom is 0.490 e. The summed E-state index contributed by atoms with van der Waals surface area (Å²) in [6, 6.07) is 2.68. The Bertz CT molecular complexity index is 736. The summed E-state index contributed by atoms with van der Waals surface area (Å²) in [4.78, 5) is 4.65. The molecule has 0 aliphatic heterocycles. The highest BCUT2D eigenvalue weighted by Crippen LogP contribution is 2.42. The van der Waals surface area contributed by atoms with Crippen LogP contribution in [-0.2, 0) is 5.54 Å². The summed E-state index contributed by atoms with van der Waals surface area (Å²) >= 11 is 1.33. The Hall–Kier alpha value is -1.02. The quantitative estimate of drug-likeness (QED) is 0.742. The van der Waals surface area contributed by atoms with E-state index in [1.165, 1.54) is 23.5 Å². The molecule has 3 N–H and O–H groups in total. The number of hydrogen-bond acceptors (Lipinski definition) is 5. The third-order valence-electron chi connectivity index (χ3n) is 4.63. The van der Waals surface area contributed by atoms with Crippen molar-refractivity contribution in [3.05, 3.63) is 23.0 Å². The van der Waals surface area contributed by atoms with E-state index in [0.29, 0.717) is 10.2 Å². The lowest BCUT2D eigenvalue weighted by molar-refractivity contribution is 0.272. The van der Waals surface area contributed by atoms with Gasteiger partial charge in [-0.25, -0.2) is 9.37 Å². The summed E-state index contributed by atoms with van der Waals surface area (Å²) in [5.41, 5.74) is 0.539. The number of fused-ring (bicyclic) bond motifs is 1. The van der Waals surface area contributed by atoms with Crippen molar-refractivity contribution in [2.45, 2.75) is 52.0 Å². The lowest BCUT2D eigenvalue weighted by Crippen LogP contribution is -2.44. The minimum Gasteiger partial charge on any atom is -0.423 e. The smallest absolute Gasteiger partial charge is 0.423 e. The molecule has 1 saturated carbocycles. The van der Waals surface area contributed by atoms with Gasteiger partial charge in [0, 0.05) is 12.0 Å². The number of nitrogens with zero attached hydrogens (tertiary/aromatic N) is 1. The molecule has 1 aromatic heterocycles. The third-order valence-corrected chi connectivity index (χ3v) is 5.90. The summed E-state index contributed by atoms with van der Waals surface area (Å²) in [5.74, 6) is -0.359. The van der Waals surface area contributed by atoms with Crippen molar-refractivity contribution in [3.63, 3.8) is 0 Å². The van der Waals surface area contributed by atoms with Gasteiger partial charge in [-0.05, 0) is 24.3 Å². The highest BCUT2D eigenvalue weighted by molar-refractivity contribution is 7.19. The van der Waals surface area contributed by atoms with Crippen LogP contribution in [0.4, 0.5) is 4.39 Å². The normalized spacial score (nSPS) is 17.6. The van der Waals surface area contributed by atoms with E-state index in [1.54, 1.807) is 0 Å². The Balaban J connectivity index is 2.06. The van der Waals surface area contributed by atoms with Crippen LogP contribution < -0.4 is 10.8 Å². The van der Waals surface area contributed by atoms with E-state index in [4.69, 9.17) is 0 Å². The van der Waals surface area contributed by atoms with Gasteiger partial charge in [0.05, 0.1) is 15.8 Å². The number of benzene rings is 1. The van der Waals surface area contributed by atoms with Gasteiger partial charge < -0.3 is 15.4 Å². The van der Waals surface area contributed by atoms with Gasteiger partial charge in [0.25, 0.3) is 0 Å². The topological polar surface area (TPSA) is 65.4 Å². The van der Waals surface area contributed by atoms with E-state index in [-0.39, 0.29) is 22.2 Å². The predicted octanol–water partition coefficient (Wildman–Crippen LogP) is 2.52. The Morgan fingerprint density at radius 2 is 1.96 bits per heavy atom. The zero-order chi connectivity index (χ0) is 17.5. The summed E-state index contributed by atoms with van der Waals surface area (Å²) in [5, 5.41) is 23.6. The maximum atomic E-state index is 14.2. The Morgan fingerprint density at radius 1 is 1.29 bits per heavy atom. The number of hydrogen-bond donors (Lipinski definition) is 3. The summed E-state index contributed by atoms with van der Waals surface area (Å²) in [6.45, 7) is 7.39. The first-order valence-electron chi connectivity index (χ1n) is 8.42. The predicted molar refractivity (Wildman–Crippen MR) is 97.0 cm³/mol. The molecule has 0 unspecified atom stereocenters. The average Bonchev–Trinajstić information content (AvgIpc) is 3.12. The van der Waals surface area contributed by atoms with Gasteiger partial charge in [-0.3, -0.25) is 0 Å². The molecule has 1 aliphatic rings. The Kier molecular flexibility index (Phi) is 4.72. The van der Waals surface area contributed by atoms with Gasteiger partial charge >= 0.3 is 7.12 Å². The van der Waals surface area contributed by atoms with Crippen LogP contribution >= 0.6 is 11.3 Å². The van der Waals surface area contributed by atoms with E-state index in [2.05, 4.69) is 31.1 Å². The SMILES string of the molecule is CC(C)(C)CNC1(c2nc3c(B(O)O)ccc(F)c3s2)CCCC1. The molecule has 0 spiro atoms. The first-order chi connectivity index (χ1) is 11.2. The fourth-order valence-electron chi connectivity index (χ4n) is 3.29. The van der Waals surface area contributed by atoms with E-state index >= 15 is 0 Å². The van der Waals surface area contributed by atoms with Crippen molar-refractivity contribution < 1.29 is 14.4 Å². The standard InChI is InChI=1S/C17H24BFN2O2S/c1-16(2,3)10-20-17(8-4-5-9-17)15-21-13-11(18(22)23)6-7-12(19)14(13)24-15/h6-7,20,22-23H,4-5,8-10H2,1-3H3. The van der Waals surface area contributed by atoms with Gasteiger partial charge in [0.2, 0.25) is 0 Å². The van der Waals surface area contributed by atoms with Gasteiger partial charge in [-0.1, -0.05) is 39.7 Å². The lowest BCUT2D eigenvalue weighted by Gasteiger charge is -2.32. The van der Waals surface area contributed by atoms with Crippen LogP contribution in [-0.4, -0.2) is 28.7 Å². The largest absolute Gasteiger partial charge is 0.490 e. The van der Waals surface area contributed by atoms with Crippen LogP contribution in [0.1, 0.15) is 51.5 Å². The summed E-state index contributed by atoms with van der Waals surface area (Å²) < 4.78 is 14.6. The molecule has 2 aromatic rings. The number of halogens is 1. The molecule has 0 bridgehead atoms. The lowest BCUT2D eigenvalue weighted by atomic mass is 9.79. The number of aromatic nitrogens is 1. The molecule has 0 radical (unpaired) electrons. The molecule has 24 heavy (non-hydrogen) atoms. The highest BCUT2D eigenvalue weighted by atomic mass is 32.1. The first kappa shape index (κ1) is 17.8. The van der Waals surface area contributed by atoms with Crippen LogP contribution in [0, 0.1) is 11.2 Å². The van der Waals surface area contributed by atoms with Crippen LogP contribution in [0.25, 0.3) is 10.2 Å². The number of rotatable bonds is 4. The van der Waals surface area contributed by atoms with Crippen molar-refractivity contribution in [1.29, 1.82) is 0 Å². The molecule has 1 fully saturated rings. The van der Waals surface area contributed by atoms with Crippen LogP contribution in [0.3, 0.4) is 0 Å². The monoisotopic (exact) mass is 350 g/mol.